The van der Waals surface area contributed by atoms with Gasteiger partial charge in [-0.15, -0.1) is 0 Å². The number of hydrogen-bond acceptors (Lipinski definition) is 1. The van der Waals surface area contributed by atoms with Crippen molar-refractivity contribution in [2.45, 2.75) is 37.9 Å². The van der Waals surface area contributed by atoms with E-state index in [1.165, 1.54) is 0 Å². The van der Waals surface area contributed by atoms with Crippen LogP contribution in [0.4, 0.5) is 0 Å². The topological polar surface area (TPSA) is 29.1 Å². The monoisotopic (exact) mass is 126 g/mol. The maximum atomic E-state index is 10.6. The van der Waals surface area contributed by atoms with Gasteiger partial charge in [0.25, 0.3) is 0 Å². The van der Waals surface area contributed by atoms with Crippen LogP contribution in [0.5, 0.6) is 0 Å². The highest BCUT2D eigenvalue weighted by Crippen LogP contribution is 2.19. The van der Waals surface area contributed by atoms with Crippen molar-refractivity contribution < 1.29 is 25.2 Å². The molecular formula is C6H11O2. The van der Waals surface area contributed by atoms with E-state index in [-0.39, 0.29) is 0 Å². The second-order valence-electron chi connectivity index (χ2n) is 1.04. The highest BCUT2D eigenvalue weighted by Gasteiger charge is 2.13. The summed E-state index contributed by atoms with van der Waals surface area (Å²) in [6.45, 7) is 0. The van der Waals surface area contributed by atoms with Crippen LogP contribution in [0.15, 0.2) is 0 Å². The Kier molecular flexibility index (Phi) is 0.404. The zero-order valence-electron chi connectivity index (χ0n) is 14.8. The molecule has 0 spiro atoms. The van der Waals surface area contributed by atoms with Crippen LogP contribution in [0.3, 0.4) is 0 Å². The van der Waals surface area contributed by atoms with E-state index in [1.807, 2.05) is 0 Å². The summed E-state index contributed by atoms with van der Waals surface area (Å²) in [7, 11) is 0. The molecule has 0 aromatic carbocycles. The average Bonchev–Trinajstić information content (AvgIpc) is 2.24. The molecule has 1 aliphatic carbocycles. The van der Waals surface area contributed by atoms with Crippen LogP contribution >= 0.6 is 0 Å². The van der Waals surface area contributed by atoms with Crippen molar-refractivity contribution in [1.29, 1.82) is 0 Å². The van der Waals surface area contributed by atoms with E-state index in [0.29, 0.717) is 0 Å². The summed E-state index contributed by atoms with van der Waals surface area (Å²) in [5, 5.41) is 10.6. The summed E-state index contributed by atoms with van der Waals surface area (Å²) < 4.78 is 81.4. The lowest BCUT2D eigenvalue weighted by atomic mass is 9.98. The molecule has 2 nitrogen and oxygen atoms in total. The predicted octanol–water partition coefficient (Wildman–Crippen LogP) is 1.68. The minimum Gasteiger partial charge on any atom is -0.200 e. The van der Waals surface area contributed by atoms with Crippen molar-refractivity contribution in [3.63, 3.8) is 0 Å². The van der Waals surface area contributed by atoms with E-state index in [0.717, 1.165) is 0 Å². The lowest BCUT2D eigenvalue weighted by molar-refractivity contribution is -0.339. The van der Waals surface area contributed by atoms with Gasteiger partial charge in [-0.1, -0.05) is 19.1 Å². The normalized spacial score (nSPS) is 79.4. The van der Waals surface area contributed by atoms with Gasteiger partial charge in [-0.05, 0) is 18.0 Å². The van der Waals surface area contributed by atoms with Crippen molar-refractivity contribution >= 4 is 0 Å². The summed E-state index contributed by atoms with van der Waals surface area (Å²) in [4.78, 5) is 3.19. The third-order valence-corrected chi connectivity index (χ3v) is 0.560. The van der Waals surface area contributed by atoms with Crippen molar-refractivity contribution in [2.24, 2.45) is 0 Å². The summed E-state index contributed by atoms with van der Waals surface area (Å²) in [5.74, 6) is 0. The van der Waals surface area contributed by atoms with Gasteiger partial charge in [-0.3, -0.25) is 0 Å². The molecule has 0 aromatic rings. The van der Waals surface area contributed by atoms with E-state index < -0.39 is 37.9 Å². The van der Waals surface area contributed by atoms with Crippen molar-refractivity contribution in [3.05, 3.63) is 0 Å². The van der Waals surface area contributed by atoms with E-state index in [4.69, 9.17) is 15.1 Å². The number of rotatable bonds is 1. The average molecular weight is 126 g/mol. The predicted molar refractivity (Wildman–Crippen MR) is 28.6 cm³/mol. The summed E-state index contributed by atoms with van der Waals surface area (Å²) in [6, 6.07) is 0. The summed E-state index contributed by atoms with van der Waals surface area (Å²) in [6.07, 6.45) is -22.2. The van der Waals surface area contributed by atoms with Gasteiger partial charge in [0.05, 0.1) is 7.45 Å². The minimum absolute atomic E-state index is 3.19. The fraction of sp³-hybridized carbons (Fsp3) is 1.00. The van der Waals surface area contributed by atoms with Gasteiger partial charge in [0, 0.05) is 13.7 Å². The molecule has 1 aliphatic rings. The smallest absolute Gasteiger partial charge is 0.0962 e. The van der Waals surface area contributed by atoms with E-state index >= 15 is 0 Å². The first kappa shape index (κ1) is 1.06. The molecule has 0 bridgehead atoms. The van der Waals surface area contributed by atoms with Crippen LogP contribution in [0.2, 0.25) is 0 Å². The van der Waals surface area contributed by atoms with Crippen LogP contribution in [0.1, 0.15) is 46.9 Å². The Morgan fingerprint density at radius 3 is 2.62 bits per heavy atom. The van der Waals surface area contributed by atoms with Gasteiger partial charge in [-0.25, -0.2) is 4.89 Å². The van der Waals surface area contributed by atoms with Crippen LogP contribution in [0.25, 0.3) is 0 Å². The first-order valence-corrected chi connectivity index (χ1v) is 1.87. The maximum absolute atomic E-state index is 10.6. The molecule has 0 amide bonds. The first-order valence-electron chi connectivity index (χ1n) is 7.37. The molecule has 1 radical (unpaired) electrons. The summed E-state index contributed by atoms with van der Waals surface area (Å²) >= 11 is 0. The Balaban J connectivity index is 3.76. The van der Waals surface area contributed by atoms with E-state index in [1.54, 1.807) is 0 Å². The molecule has 0 heterocycles. The zero-order chi connectivity index (χ0) is 15.7. The van der Waals surface area contributed by atoms with Crippen molar-refractivity contribution in [3.8, 4) is 0 Å². The molecule has 0 atom stereocenters. The molecule has 0 N–H and O–H groups in total. The molecule has 1 saturated carbocycles. The largest absolute Gasteiger partial charge is 0.200 e. The number of hydrogen-bond donors (Lipinski definition) is 0. The van der Waals surface area contributed by atoms with Crippen molar-refractivity contribution in [2.75, 3.05) is 0 Å². The van der Waals surface area contributed by atoms with Crippen LogP contribution < -0.4 is 0 Å². The standard InChI is InChI=1S/C6H11O2/c7-8-6-4-2-1-3-5-6/h6H,1-5H2/i1D2,2D2,3D2,4D2,5D2,6D. The third kappa shape index (κ3) is 1.46. The maximum Gasteiger partial charge on any atom is 0.0962 e. The molecule has 8 heavy (non-hydrogen) atoms. The Bertz CT molecular complexity index is 359. The van der Waals surface area contributed by atoms with Crippen molar-refractivity contribution in [1.82, 2.24) is 0 Å². The van der Waals surface area contributed by atoms with Gasteiger partial charge in [0.1, 0.15) is 0 Å². The molecule has 0 unspecified atom stereocenters. The Morgan fingerprint density at radius 2 is 2.12 bits per heavy atom. The minimum atomic E-state index is -3.79. The fourth-order valence-corrected chi connectivity index (χ4v) is 0.280. The zero-order valence-corrected chi connectivity index (χ0v) is 3.82. The van der Waals surface area contributed by atoms with Crippen LogP contribution in [-0.4, -0.2) is 6.08 Å². The third-order valence-electron chi connectivity index (χ3n) is 0.560. The van der Waals surface area contributed by atoms with Crippen LogP contribution in [-0.2, 0) is 10.1 Å². The Morgan fingerprint density at radius 1 is 1.50 bits per heavy atom. The van der Waals surface area contributed by atoms with Crippen LogP contribution in [0, 0.1) is 0 Å². The molecule has 1 rings (SSSR count). The lowest BCUT2D eigenvalue weighted by Gasteiger charge is -2.16. The Labute approximate surface area is 64.8 Å². The second kappa shape index (κ2) is 3.05. The molecular weight excluding hydrogens is 104 g/mol. The molecule has 0 aliphatic heterocycles. The second-order valence-corrected chi connectivity index (χ2v) is 1.04. The molecule has 47 valence electrons. The highest BCUT2D eigenvalue weighted by molar-refractivity contribution is 4.62. The molecule has 2 heteroatoms. The van der Waals surface area contributed by atoms with Gasteiger partial charge in [0.2, 0.25) is 0 Å². The van der Waals surface area contributed by atoms with Gasteiger partial charge in [-0.2, -0.15) is 0 Å². The van der Waals surface area contributed by atoms with Gasteiger partial charge < -0.3 is 0 Å². The van der Waals surface area contributed by atoms with Gasteiger partial charge >= 0.3 is 0 Å². The van der Waals surface area contributed by atoms with E-state index in [2.05, 4.69) is 4.89 Å². The van der Waals surface area contributed by atoms with E-state index in [9.17, 15) is 5.26 Å². The lowest BCUT2D eigenvalue weighted by Crippen LogP contribution is -2.13. The molecule has 0 saturated heterocycles. The highest BCUT2D eigenvalue weighted by atomic mass is 17.1. The molecule has 1 fully saturated rings. The summed E-state index contributed by atoms with van der Waals surface area (Å²) in [5.41, 5.74) is 0. The van der Waals surface area contributed by atoms with Gasteiger partial charge in [0.15, 0.2) is 0 Å². The SMILES string of the molecule is [2H]C1([2H])C([2H])([2H])C([2H])([2H])C([2H])(O[O])C([2H])([2H])C1([2H])[2H]. The quantitative estimate of drug-likeness (QED) is 0.388. The fourth-order valence-electron chi connectivity index (χ4n) is 0.280. The molecule has 0 aromatic heterocycles. The Hall–Kier alpha value is -0.0800. The first-order chi connectivity index (χ1) is 8.06.